The van der Waals surface area contributed by atoms with E-state index in [0.717, 1.165) is 23.2 Å². The summed E-state index contributed by atoms with van der Waals surface area (Å²) < 4.78 is 77.9. The summed E-state index contributed by atoms with van der Waals surface area (Å²) in [7, 11) is -4.32. The van der Waals surface area contributed by atoms with Gasteiger partial charge in [-0.3, -0.25) is 9.36 Å². The molecule has 1 aromatic heterocycles. The van der Waals surface area contributed by atoms with Crippen molar-refractivity contribution < 1.29 is 35.9 Å². The molecule has 0 bridgehead atoms. The number of nitrogens with zero attached hydrogens (tertiary/aromatic N) is 3. The number of anilines is 1. The molecule has 0 saturated carbocycles. The number of alkyl halides is 3. The van der Waals surface area contributed by atoms with Crippen LogP contribution in [-0.4, -0.2) is 40.4 Å². The van der Waals surface area contributed by atoms with Gasteiger partial charge in [0.2, 0.25) is 5.91 Å². The number of benzene rings is 3. The molecule has 15 heteroatoms. The summed E-state index contributed by atoms with van der Waals surface area (Å²) in [5.74, 6) is -0.171. The molecule has 2 N–H and O–H groups in total. The van der Waals surface area contributed by atoms with E-state index in [2.05, 4.69) is 10.4 Å². The molecule has 0 fully saturated rings. The van der Waals surface area contributed by atoms with Crippen LogP contribution in [0.4, 0.5) is 23.7 Å². The molecular formula is C34H38F3N5O6S. The number of sulfonamides is 1. The highest BCUT2D eigenvalue weighted by atomic mass is 32.2. The van der Waals surface area contributed by atoms with E-state index in [1.165, 1.54) is 22.8 Å². The van der Waals surface area contributed by atoms with Gasteiger partial charge in [0.1, 0.15) is 11.4 Å². The molecular weight excluding hydrogens is 663 g/mol. The number of rotatable bonds is 11. The summed E-state index contributed by atoms with van der Waals surface area (Å²) in [5, 5.41) is 6.72. The number of aryl methyl sites for hydroxylation is 1. The van der Waals surface area contributed by atoms with Crippen molar-refractivity contribution in [2.75, 3.05) is 5.32 Å². The highest BCUT2D eigenvalue weighted by Gasteiger charge is 2.36. The molecule has 11 nitrogen and oxygen atoms in total. The van der Waals surface area contributed by atoms with Crippen molar-refractivity contribution in [3.8, 4) is 16.8 Å². The average molecular weight is 702 g/mol. The van der Waals surface area contributed by atoms with Crippen LogP contribution in [0.5, 0.6) is 0 Å². The van der Waals surface area contributed by atoms with Gasteiger partial charge in [-0.15, -0.1) is 5.10 Å². The van der Waals surface area contributed by atoms with Gasteiger partial charge in [0.25, 0.3) is 10.0 Å². The molecule has 3 aromatic carbocycles. The minimum atomic E-state index is -4.85. The predicted molar refractivity (Wildman–Crippen MR) is 178 cm³/mol. The highest BCUT2D eigenvalue weighted by Crippen LogP contribution is 2.35. The van der Waals surface area contributed by atoms with Crippen molar-refractivity contribution in [1.29, 1.82) is 0 Å². The van der Waals surface area contributed by atoms with Crippen LogP contribution in [0.25, 0.3) is 16.8 Å². The van der Waals surface area contributed by atoms with Gasteiger partial charge in [0.15, 0.2) is 0 Å². The van der Waals surface area contributed by atoms with Crippen LogP contribution in [0, 0.1) is 0 Å². The minimum Gasteiger partial charge on any atom is -0.443 e. The zero-order valence-corrected chi connectivity index (χ0v) is 28.5. The van der Waals surface area contributed by atoms with Crippen LogP contribution in [-0.2, 0) is 38.7 Å². The van der Waals surface area contributed by atoms with Crippen molar-refractivity contribution >= 4 is 27.7 Å². The van der Waals surface area contributed by atoms with Crippen molar-refractivity contribution in [3.63, 3.8) is 0 Å². The third-order valence-corrected chi connectivity index (χ3v) is 8.60. The maximum absolute atomic E-state index is 14.2. The van der Waals surface area contributed by atoms with Gasteiger partial charge in [-0.2, -0.15) is 17.9 Å². The SMILES string of the molecule is CCCCc1nn(-c2ccc(NC(=O)CC)cc2C(F)(F)F)c(=O)n1Cc1ccc(-c2ccccc2S(=O)(=O)NC(=O)OC(C)(C)C)cc1. The van der Waals surface area contributed by atoms with Crippen LogP contribution in [0.1, 0.15) is 70.8 Å². The lowest BCUT2D eigenvalue weighted by atomic mass is 10.0. The van der Waals surface area contributed by atoms with E-state index in [1.54, 1.807) is 64.1 Å². The van der Waals surface area contributed by atoms with Crippen LogP contribution in [0.3, 0.4) is 0 Å². The molecule has 0 aliphatic heterocycles. The Balaban J connectivity index is 1.69. The molecule has 4 rings (SSSR count). The molecule has 49 heavy (non-hydrogen) atoms. The third kappa shape index (κ3) is 9.16. The van der Waals surface area contributed by atoms with Gasteiger partial charge in [-0.05, 0) is 62.6 Å². The molecule has 4 aromatic rings. The van der Waals surface area contributed by atoms with Crippen LogP contribution in [0.15, 0.2) is 76.4 Å². The summed E-state index contributed by atoms with van der Waals surface area (Å²) in [5.41, 5.74) is -1.96. The number of amides is 2. The number of unbranched alkanes of at least 4 members (excludes halogenated alkanes) is 1. The first-order valence-electron chi connectivity index (χ1n) is 15.6. The number of hydrogen-bond donors (Lipinski definition) is 2. The van der Waals surface area contributed by atoms with E-state index >= 15 is 0 Å². The van der Waals surface area contributed by atoms with Gasteiger partial charge in [-0.25, -0.2) is 22.7 Å². The van der Waals surface area contributed by atoms with Crippen LogP contribution >= 0.6 is 0 Å². The van der Waals surface area contributed by atoms with Crippen molar-refractivity contribution in [2.24, 2.45) is 0 Å². The lowest BCUT2D eigenvalue weighted by Gasteiger charge is -2.20. The van der Waals surface area contributed by atoms with E-state index in [-0.39, 0.29) is 29.4 Å². The average Bonchev–Trinajstić information content (AvgIpc) is 3.32. The fourth-order valence-corrected chi connectivity index (χ4v) is 6.03. The van der Waals surface area contributed by atoms with Crippen LogP contribution in [0.2, 0.25) is 0 Å². The zero-order valence-electron chi connectivity index (χ0n) is 27.7. The first-order chi connectivity index (χ1) is 22.9. The van der Waals surface area contributed by atoms with Crippen molar-refractivity contribution in [3.05, 3.63) is 94.2 Å². The lowest BCUT2D eigenvalue weighted by molar-refractivity contribution is -0.137. The molecule has 0 aliphatic rings. The highest BCUT2D eigenvalue weighted by molar-refractivity contribution is 7.90. The summed E-state index contributed by atoms with van der Waals surface area (Å²) in [6.45, 7) is 8.30. The van der Waals surface area contributed by atoms with E-state index in [4.69, 9.17) is 4.74 Å². The molecule has 2 amide bonds. The Morgan fingerprint density at radius 2 is 1.63 bits per heavy atom. The van der Waals surface area contributed by atoms with Gasteiger partial charge in [0.05, 0.1) is 22.7 Å². The monoisotopic (exact) mass is 701 g/mol. The smallest absolute Gasteiger partial charge is 0.421 e. The maximum Gasteiger partial charge on any atom is 0.421 e. The number of hydrogen-bond acceptors (Lipinski definition) is 7. The van der Waals surface area contributed by atoms with Crippen molar-refractivity contribution in [1.82, 2.24) is 19.1 Å². The van der Waals surface area contributed by atoms with Gasteiger partial charge in [-0.1, -0.05) is 62.7 Å². The first kappa shape index (κ1) is 36.9. The normalized spacial score (nSPS) is 12.1. The van der Waals surface area contributed by atoms with Gasteiger partial charge >= 0.3 is 18.0 Å². The molecule has 0 unspecified atom stereocenters. The molecule has 0 spiro atoms. The number of carbonyl (C=O) groups is 2. The number of carbonyl (C=O) groups excluding carboxylic acids is 2. The second-order valence-corrected chi connectivity index (χ2v) is 13.9. The quantitative estimate of drug-likeness (QED) is 0.178. The van der Waals surface area contributed by atoms with E-state index < -0.39 is 50.7 Å². The second kappa shape index (κ2) is 14.7. The Kier molecular flexibility index (Phi) is 11.1. The Hall–Kier alpha value is -4.92. The first-order valence-corrected chi connectivity index (χ1v) is 17.1. The summed E-state index contributed by atoms with van der Waals surface area (Å²) >= 11 is 0. The largest absolute Gasteiger partial charge is 0.443 e. The van der Waals surface area contributed by atoms with E-state index in [1.807, 2.05) is 11.6 Å². The predicted octanol–water partition coefficient (Wildman–Crippen LogP) is 6.67. The number of ether oxygens (including phenoxy) is 1. The fourth-order valence-electron chi connectivity index (χ4n) is 4.92. The Bertz CT molecular complexity index is 2000. The van der Waals surface area contributed by atoms with E-state index in [9.17, 15) is 36.0 Å². The summed E-state index contributed by atoms with van der Waals surface area (Å²) in [6, 6.07) is 15.9. The molecule has 0 saturated heterocycles. The Labute approximate surface area is 282 Å². The fraction of sp³-hybridized carbons (Fsp3) is 0.353. The molecule has 0 radical (unpaired) electrons. The van der Waals surface area contributed by atoms with E-state index in [0.29, 0.717) is 29.5 Å². The molecule has 0 atom stereocenters. The maximum atomic E-state index is 14.2. The number of nitrogens with one attached hydrogen (secondary N) is 2. The standard InChI is InChI=1S/C34H38F3N5O6S/c1-6-8-13-29-39-42(27-19-18-24(38-30(43)7-2)20-26(27)34(35,36)37)32(45)41(29)21-22-14-16-23(17-15-22)25-11-9-10-12-28(25)49(46,47)40-31(44)48-33(3,4)5/h9-12,14-20H,6-8,13,21H2,1-5H3,(H,38,43)(H,40,44). The topological polar surface area (TPSA) is 141 Å². The van der Waals surface area contributed by atoms with Crippen molar-refractivity contribution in [2.45, 2.75) is 83.5 Å². The molecule has 0 aliphatic carbocycles. The molecule has 262 valence electrons. The van der Waals surface area contributed by atoms with Gasteiger partial charge in [0, 0.05) is 24.1 Å². The zero-order chi connectivity index (χ0) is 36.1. The lowest BCUT2D eigenvalue weighted by Crippen LogP contribution is -2.36. The molecule has 1 heterocycles. The van der Waals surface area contributed by atoms with Gasteiger partial charge < -0.3 is 10.1 Å². The number of aromatic nitrogens is 3. The Morgan fingerprint density at radius 1 is 0.959 bits per heavy atom. The summed E-state index contributed by atoms with van der Waals surface area (Å²) in [4.78, 5) is 37.6. The Morgan fingerprint density at radius 3 is 2.24 bits per heavy atom. The third-order valence-electron chi connectivity index (χ3n) is 7.23. The van der Waals surface area contributed by atoms with Crippen LogP contribution < -0.4 is 15.7 Å². The minimum absolute atomic E-state index is 0.0235. The number of halogens is 3. The second-order valence-electron chi connectivity index (χ2n) is 12.2. The summed E-state index contributed by atoms with van der Waals surface area (Å²) in [6.07, 6.45) is -4.18.